The Hall–Kier alpha value is -2.76. The predicted molar refractivity (Wildman–Crippen MR) is 90.7 cm³/mol. The molecule has 0 aliphatic rings. The Bertz CT molecular complexity index is 828. The van der Waals surface area contributed by atoms with Crippen molar-refractivity contribution in [2.24, 2.45) is 5.73 Å². The SMILES string of the molecule is NCC#Cc1c(OCc2ccccc2)ccc2ccccc12. The number of hydrogen-bond acceptors (Lipinski definition) is 2. The summed E-state index contributed by atoms with van der Waals surface area (Å²) in [5, 5.41) is 2.24. The zero-order chi connectivity index (χ0) is 15.2. The molecule has 0 saturated carbocycles. The largest absolute Gasteiger partial charge is 0.488 e. The summed E-state index contributed by atoms with van der Waals surface area (Å²) >= 11 is 0. The normalized spacial score (nSPS) is 10.0. The molecule has 0 amide bonds. The van der Waals surface area contributed by atoms with Crippen molar-refractivity contribution in [1.82, 2.24) is 0 Å². The minimum Gasteiger partial charge on any atom is -0.488 e. The second-order valence-corrected chi connectivity index (χ2v) is 4.94. The third-order valence-electron chi connectivity index (χ3n) is 3.44. The van der Waals surface area contributed by atoms with Crippen LogP contribution in [0.1, 0.15) is 11.1 Å². The van der Waals surface area contributed by atoms with Crippen LogP contribution in [0, 0.1) is 11.8 Å². The average Bonchev–Trinajstić information content (AvgIpc) is 2.59. The van der Waals surface area contributed by atoms with Crippen LogP contribution in [0.5, 0.6) is 5.75 Å². The molecule has 2 nitrogen and oxygen atoms in total. The first-order valence-corrected chi connectivity index (χ1v) is 7.26. The van der Waals surface area contributed by atoms with Crippen molar-refractivity contribution in [3.8, 4) is 17.6 Å². The molecule has 0 saturated heterocycles. The topological polar surface area (TPSA) is 35.2 Å². The smallest absolute Gasteiger partial charge is 0.136 e. The van der Waals surface area contributed by atoms with Gasteiger partial charge in [0.05, 0.1) is 12.1 Å². The van der Waals surface area contributed by atoms with Gasteiger partial charge in [-0.3, -0.25) is 0 Å². The summed E-state index contributed by atoms with van der Waals surface area (Å²) in [6.07, 6.45) is 0. The first-order valence-electron chi connectivity index (χ1n) is 7.26. The van der Waals surface area contributed by atoms with Crippen LogP contribution in [-0.2, 0) is 6.61 Å². The molecule has 0 radical (unpaired) electrons. The first-order chi connectivity index (χ1) is 10.9. The van der Waals surface area contributed by atoms with Gasteiger partial charge < -0.3 is 10.5 Å². The Balaban J connectivity index is 1.97. The number of hydrogen-bond donors (Lipinski definition) is 1. The Kier molecular flexibility index (Phi) is 4.38. The third kappa shape index (κ3) is 3.11. The lowest BCUT2D eigenvalue weighted by Gasteiger charge is -2.11. The van der Waals surface area contributed by atoms with E-state index in [1.54, 1.807) is 0 Å². The van der Waals surface area contributed by atoms with E-state index in [4.69, 9.17) is 10.5 Å². The highest BCUT2D eigenvalue weighted by atomic mass is 16.5. The lowest BCUT2D eigenvalue weighted by molar-refractivity contribution is 0.306. The molecule has 0 bridgehead atoms. The Morgan fingerprint density at radius 3 is 2.45 bits per heavy atom. The van der Waals surface area contributed by atoms with Gasteiger partial charge in [0.25, 0.3) is 0 Å². The van der Waals surface area contributed by atoms with E-state index in [0.717, 1.165) is 27.6 Å². The summed E-state index contributed by atoms with van der Waals surface area (Å²) < 4.78 is 5.99. The van der Waals surface area contributed by atoms with Crippen molar-refractivity contribution in [2.75, 3.05) is 6.54 Å². The van der Waals surface area contributed by atoms with E-state index in [0.29, 0.717) is 13.2 Å². The quantitative estimate of drug-likeness (QED) is 0.745. The van der Waals surface area contributed by atoms with Gasteiger partial charge in [-0.1, -0.05) is 72.5 Å². The summed E-state index contributed by atoms with van der Waals surface area (Å²) in [7, 11) is 0. The van der Waals surface area contributed by atoms with Gasteiger partial charge in [0.15, 0.2) is 0 Å². The molecule has 0 spiro atoms. The van der Waals surface area contributed by atoms with Crippen LogP contribution in [0.15, 0.2) is 66.7 Å². The third-order valence-corrected chi connectivity index (χ3v) is 3.44. The molecular formula is C20H17NO. The van der Waals surface area contributed by atoms with Crippen LogP contribution in [0.25, 0.3) is 10.8 Å². The maximum absolute atomic E-state index is 5.99. The van der Waals surface area contributed by atoms with E-state index in [-0.39, 0.29) is 0 Å². The van der Waals surface area contributed by atoms with Crippen molar-refractivity contribution in [3.63, 3.8) is 0 Å². The molecule has 0 aliphatic carbocycles. The number of fused-ring (bicyclic) bond motifs is 1. The Labute approximate surface area is 130 Å². The minimum absolute atomic E-state index is 0.335. The summed E-state index contributed by atoms with van der Waals surface area (Å²) in [4.78, 5) is 0. The van der Waals surface area contributed by atoms with Crippen molar-refractivity contribution < 1.29 is 4.74 Å². The van der Waals surface area contributed by atoms with Crippen LogP contribution in [0.2, 0.25) is 0 Å². The van der Waals surface area contributed by atoms with Gasteiger partial charge in [-0.05, 0) is 17.0 Å². The van der Waals surface area contributed by atoms with Crippen LogP contribution in [0.4, 0.5) is 0 Å². The standard InChI is InChI=1S/C20H17NO/c21-14-6-11-19-18-10-5-4-9-17(18)12-13-20(19)22-15-16-7-2-1-3-8-16/h1-5,7-10,12-13H,14-15,21H2. The van der Waals surface area contributed by atoms with Crippen LogP contribution >= 0.6 is 0 Å². The Morgan fingerprint density at radius 1 is 0.864 bits per heavy atom. The van der Waals surface area contributed by atoms with Crippen molar-refractivity contribution in [2.45, 2.75) is 6.61 Å². The van der Waals surface area contributed by atoms with Crippen LogP contribution < -0.4 is 10.5 Å². The molecule has 3 aromatic carbocycles. The predicted octanol–water partition coefficient (Wildman–Crippen LogP) is 3.73. The van der Waals surface area contributed by atoms with E-state index in [1.807, 2.05) is 48.5 Å². The highest BCUT2D eigenvalue weighted by molar-refractivity contribution is 5.90. The van der Waals surface area contributed by atoms with Gasteiger partial charge in [0.2, 0.25) is 0 Å². The molecule has 3 rings (SSSR count). The fourth-order valence-electron chi connectivity index (χ4n) is 2.38. The summed E-state index contributed by atoms with van der Waals surface area (Å²) in [5.41, 5.74) is 7.56. The second kappa shape index (κ2) is 6.80. The van der Waals surface area contributed by atoms with Gasteiger partial charge >= 0.3 is 0 Å². The molecule has 108 valence electrons. The Morgan fingerprint density at radius 2 is 1.64 bits per heavy atom. The maximum Gasteiger partial charge on any atom is 0.136 e. The highest BCUT2D eigenvalue weighted by Crippen LogP contribution is 2.28. The maximum atomic E-state index is 5.99. The monoisotopic (exact) mass is 287 g/mol. The first kappa shape index (κ1) is 14.2. The average molecular weight is 287 g/mol. The zero-order valence-corrected chi connectivity index (χ0v) is 12.3. The molecule has 0 aliphatic heterocycles. The molecular weight excluding hydrogens is 270 g/mol. The molecule has 0 heterocycles. The van der Waals surface area contributed by atoms with E-state index in [1.165, 1.54) is 0 Å². The molecule has 22 heavy (non-hydrogen) atoms. The minimum atomic E-state index is 0.335. The lowest BCUT2D eigenvalue weighted by atomic mass is 10.0. The van der Waals surface area contributed by atoms with Gasteiger partial charge in [-0.25, -0.2) is 0 Å². The van der Waals surface area contributed by atoms with E-state index < -0.39 is 0 Å². The van der Waals surface area contributed by atoms with Crippen molar-refractivity contribution >= 4 is 10.8 Å². The number of benzene rings is 3. The summed E-state index contributed by atoms with van der Waals surface area (Å²) in [6.45, 7) is 0.859. The zero-order valence-electron chi connectivity index (χ0n) is 12.3. The second-order valence-electron chi connectivity index (χ2n) is 4.94. The number of rotatable bonds is 3. The van der Waals surface area contributed by atoms with E-state index in [9.17, 15) is 0 Å². The molecule has 3 aromatic rings. The van der Waals surface area contributed by atoms with Crippen molar-refractivity contribution in [3.05, 3.63) is 77.9 Å². The van der Waals surface area contributed by atoms with Crippen LogP contribution in [-0.4, -0.2) is 6.54 Å². The summed E-state index contributed by atoms with van der Waals surface area (Å²) in [5.74, 6) is 6.88. The number of nitrogens with two attached hydrogens (primary N) is 1. The van der Waals surface area contributed by atoms with Gasteiger partial charge in [0.1, 0.15) is 12.4 Å². The molecule has 0 fully saturated rings. The van der Waals surface area contributed by atoms with Gasteiger partial charge in [-0.15, -0.1) is 0 Å². The van der Waals surface area contributed by atoms with Crippen molar-refractivity contribution in [1.29, 1.82) is 0 Å². The summed E-state index contributed by atoms with van der Waals surface area (Å²) in [6, 6.07) is 22.3. The fourth-order valence-corrected chi connectivity index (χ4v) is 2.38. The van der Waals surface area contributed by atoms with Gasteiger partial charge in [0, 0.05) is 5.39 Å². The van der Waals surface area contributed by atoms with Gasteiger partial charge in [-0.2, -0.15) is 0 Å². The number of ether oxygens (including phenoxy) is 1. The van der Waals surface area contributed by atoms with E-state index in [2.05, 4.69) is 30.0 Å². The highest BCUT2D eigenvalue weighted by Gasteiger charge is 2.07. The molecule has 0 aromatic heterocycles. The lowest BCUT2D eigenvalue weighted by Crippen LogP contribution is -1.98. The molecule has 0 atom stereocenters. The molecule has 0 unspecified atom stereocenters. The van der Waals surface area contributed by atoms with E-state index >= 15 is 0 Å². The van der Waals surface area contributed by atoms with Crippen LogP contribution in [0.3, 0.4) is 0 Å². The fraction of sp³-hybridized carbons (Fsp3) is 0.100. The molecule has 2 heteroatoms. The molecule has 2 N–H and O–H groups in total.